The molecule has 1 aromatic rings. The van der Waals surface area contributed by atoms with Crippen LogP contribution in [0.4, 0.5) is 11.4 Å². The zero-order valence-electron chi connectivity index (χ0n) is 9.00. The fourth-order valence-electron chi connectivity index (χ4n) is 1.51. The number of anilines is 1. The van der Waals surface area contributed by atoms with Gasteiger partial charge in [-0.3, -0.25) is 10.1 Å². The minimum Gasteiger partial charge on any atom is -0.379 e. The zero-order valence-corrected chi connectivity index (χ0v) is 9.75. The summed E-state index contributed by atoms with van der Waals surface area (Å²) in [5.74, 6) is 0. The molecule has 0 saturated heterocycles. The Morgan fingerprint density at radius 1 is 1.56 bits per heavy atom. The van der Waals surface area contributed by atoms with Crippen molar-refractivity contribution in [3.8, 4) is 0 Å². The number of rotatable bonds is 4. The lowest BCUT2D eigenvalue weighted by Crippen LogP contribution is -2.12. The van der Waals surface area contributed by atoms with Gasteiger partial charge in [0, 0.05) is 17.6 Å². The lowest BCUT2D eigenvalue weighted by molar-refractivity contribution is -0.384. The molecule has 0 spiro atoms. The summed E-state index contributed by atoms with van der Waals surface area (Å²) in [6.07, 6.45) is 2.35. The van der Waals surface area contributed by atoms with Crippen LogP contribution in [0.15, 0.2) is 18.2 Å². The van der Waals surface area contributed by atoms with Crippen molar-refractivity contribution in [2.75, 3.05) is 11.9 Å². The van der Waals surface area contributed by atoms with Gasteiger partial charge in [-0.25, -0.2) is 0 Å². The number of nitro benzene ring substituents is 1. The number of benzene rings is 1. The maximum absolute atomic E-state index is 10.8. The highest BCUT2D eigenvalue weighted by Crippen LogP contribution is 2.45. The predicted octanol–water partition coefficient (Wildman–Crippen LogP) is 3.46. The third kappa shape index (κ3) is 2.44. The lowest BCUT2D eigenvalue weighted by atomic mass is 10.1. The van der Waals surface area contributed by atoms with Crippen molar-refractivity contribution in [3.63, 3.8) is 0 Å². The van der Waals surface area contributed by atoms with Gasteiger partial charge in [0.15, 0.2) is 0 Å². The quantitative estimate of drug-likeness (QED) is 0.648. The van der Waals surface area contributed by atoms with Crippen LogP contribution in [0.1, 0.15) is 19.8 Å². The van der Waals surface area contributed by atoms with E-state index in [0.717, 1.165) is 6.54 Å². The lowest BCUT2D eigenvalue weighted by Gasteiger charge is -2.11. The van der Waals surface area contributed by atoms with Crippen LogP contribution < -0.4 is 5.32 Å². The standard InChI is InChI=1S/C11H13ClN2O2/c1-11(4-5-11)7-13-9-6-8(12)2-3-10(9)14(15)16/h2-3,6,13H,4-5,7H2,1H3. The Kier molecular flexibility index (Phi) is 2.76. The molecule has 1 saturated carbocycles. The SMILES string of the molecule is CC1(CNc2cc(Cl)ccc2[N+](=O)[O-])CC1. The molecule has 86 valence electrons. The third-order valence-corrected chi connectivity index (χ3v) is 3.20. The topological polar surface area (TPSA) is 55.2 Å². The van der Waals surface area contributed by atoms with Crippen molar-refractivity contribution >= 4 is 23.0 Å². The average molecular weight is 241 g/mol. The Morgan fingerprint density at radius 2 is 2.25 bits per heavy atom. The molecule has 4 nitrogen and oxygen atoms in total. The summed E-state index contributed by atoms with van der Waals surface area (Å²) >= 11 is 5.82. The van der Waals surface area contributed by atoms with Gasteiger partial charge in [0.1, 0.15) is 5.69 Å². The molecule has 1 fully saturated rings. The van der Waals surface area contributed by atoms with Crippen LogP contribution >= 0.6 is 11.6 Å². The molecular weight excluding hydrogens is 228 g/mol. The largest absolute Gasteiger partial charge is 0.379 e. The molecular formula is C11H13ClN2O2. The first-order valence-corrected chi connectivity index (χ1v) is 5.56. The highest BCUT2D eigenvalue weighted by molar-refractivity contribution is 6.31. The second-order valence-corrected chi connectivity index (χ2v) is 5.02. The first-order valence-electron chi connectivity index (χ1n) is 5.18. The molecule has 1 N–H and O–H groups in total. The fraction of sp³-hybridized carbons (Fsp3) is 0.455. The van der Waals surface area contributed by atoms with Crippen molar-refractivity contribution in [1.82, 2.24) is 0 Å². The van der Waals surface area contributed by atoms with E-state index in [1.165, 1.54) is 25.0 Å². The van der Waals surface area contributed by atoms with Crippen LogP contribution in [0.25, 0.3) is 0 Å². The number of hydrogen-bond donors (Lipinski definition) is 1. The van der Waals surface area contributed by atoms with Gasteiger partial charge >= 0.3 is 0 Å². The Bertz CT molecular complexity index is 430. The van der Waals surface area contributed by atoms with Crippen LogP contribution in [-0.4, -0.2) is 11.5 Å². The van der Waals surface area contributed by atoms with E-state index in [9.17, 15) is 10.1 Å². The second kappa shape index (κ2) is 3.94. The molecule has 0 aromatic heterocycles. The molecule has 1 aliphatic carbocycles. The van der Waals surface area contributed by atoms with Crippen LogP contribution in [0.2, 0.25) is 5.02 Å². The maximum Gasteiger partial charge on any atom is 0.292 e. The highest BCUT2D eigenvalue weighted by atomic mass is 35.5. The second-order valence-electron chi connectivity index (χ2n) is 4.58. The van der Waals surface area contributed by atoms with Crippen molar-refractivity contribution < 1.29 is 4.92 Å². The summed E-state index contributed by atoms with van der Waals surface area (Å²) < 4.78 is 0. The normalized spacial score (nSPS) is 16.9. The van der Waals surface area contributed by atoms with Crippen LogP contribution in [0.5, 0.6) is 0 Å². The van der Waals surface area contributed by atoms with Gasteiger partial charge in [0.2, 0.25) is 0 Å². The van der Waals surface area contributed by atoms with Crippen molar-refractivity contribution in [1.29, 1.82) is 0 Å². The van der Waals surface area contributed by atoms with E-state index in [0.29, 0.717) is 16.1 Å². The van der Waals surface area contributed by atoms with Crippen LogP contribution in [0, 0.1) is 15.5 Å². The van der Waals surface area contributed by atoms with Crippen molar-refractivity contribution in [2.45, 2.75) is 19.8 Å². The molecule has 0 heterocycles. The summed E-state index contributed by atoms with van der Waals surface area (Å²) in [6.45, 7) is 2.92. The minimum atomic E-state index is -0.395. The van der Waals surface area contributed by atoms with Gasteiger partial charge in [-0.15, -0.1) is 0 Å². The van der Waals surface area contributed by atoms with Crippen LogP contribution in [0.3, 0.4) is 0 Å². The number of nitrogens with zero attached hydrogens (tertiary/aromatic N) is 1. The van der Waals surface area contributed by atoms with E-state index in [1.807, 2.05) is 0 Å². The first-order chi connectivity index (χ1) is 7.50. The molecule has 0 radical (unpaired) electrons. The first kappa shape index (κ1) is 11.2. The van der Waals surface area contributed by atoms with Gasteiger partial charge in [-0.2, -0.15) is 0 Å². The molecule has 2 rings (SSSR count). The van der Waals surface area contributed by atoms with Crippen molar-refractivity contribution in [2.24, 2.45) is 5.41 Å². The third-order valence-electron chi connectivity index (χ3n) is 2.96. The minimum absolute atomic E-state index is 0.0775. The number of nitrogens with one attached hydrogen (secondary N) is 1. The molecule has 0 unspecified atom stereocenters. The number of nitro groups is 1. The van der Waals surface area contributed by atoms with E-state index < -0.39 is 4.92 Å². The average Bonchev–Trinajstić information content (AvgIpc) is 2.94. The Labute approximate surface area is 98.8 Å². The van der Waals surface area contributed by atoms with Gasteiger partial charge in [0.25, 0.3) is 5.69 Å². The molecule has 1 aliphatic rings. The molecule has 1 aromatic carbocycles. The zero-order chi connectivity index (χ0) is 11.8. The van der Waals surface area contributed by atoms with E-state index >= 15 is 0 Å². The highest BCUT2D eigenvalue weighted by Gasteiger charge is 2.37. The van der Waals surface area contributed by atoms with Gasteiger partial charge < -0.3 is 5.32 Å². The number of hydrogen-bond acceptors (Lipinski definition) is 3. The molecule has 0 bridgehead atoms. The summed E-state index contributed by atoms with van der Waals surface area (Å²) in [4.78, 5) is 10.4. The molecule has 0 aliphatic heterocycles. The molecule has 5 heteroatoms. The number of halogens is 1. The molecule has 0 atom stereocenters. The Balaban J connectivity index is 2.16. The maximum atomic E-state index is 10.8. The van der Waals surface area contributed by atoms with Crippen LogP contribution in [-0.2, 0) is 0 Å². The molecule has 0 amide bonds. The smallest absolute Gasteiger partial charge is 0.292 e. The summed E-state index contributed by atoms with van der Waals surface area (Å²) in [5.41, 5.74) is 0.884. The monoisotopic (exact) mass is 240 g/mol. The Morgan fingerprint density at radius 3 is 2.81 bits per heavy atom. The van der Waals surface area contributed by atoms with E-state index in [-0.39, 0.29) is 5.69 Å². The Hall–Kier alpha value is -1.29. The van der Waals surface area contributed by atoms with Gasteiger partial charge in [0.05, 0.1) is 4.92 Å². The molecule has 16 heavy (non-hydrogen) atoms. The van der Waals surface area contributed by atoms with Crippen molar-refractivity contribution in [3.05, 3.63) is 33.3 Å². The summed E-state index contributed by atoms with van der Waals surface area (Å²) in [6, 6.07) is 4.56. The fourth-order valence-corrected chi connectivity index (χ4v) is 1.68. The van der Waals surface area contributed by atoms with Gasteiger partial charge in [-0.1, -0.05) is 18.5 Å². The van der Waals surface area contributed by atoms with Gasteiger partial charge in [-0.05, 0) is 30.4 Å². The summed E-state index contributed by atoms with van der Waals surface area (Å²) in [7, 11) is 0. The van der Waals surface area contributed by atoms with E-state index in [2.05, 4.69) is 12.2 Å². The van der Waals surface area contributed by atoms with E-state index in [4.69, 9.17) is 11.6 Å². The summed E-state index contributed by atoms with van der Waals surface area (Å²) in [5, 5.41) is 14.4. The predicted molar refractivity (Wildman–Crippen MR) is 63.9 cm³/mol. The van der Waals surface area contributed by atoms with E-state index in [1.54, 1.807) is 6.07 Å².